The van der Waals surface area contributed by atoms with E-state index in [9.17, 15) is 15.3 Å². The fourth-order valence-electron chi connectivity index (χ4n) is 2.21. The molecule has 29 heavy (non-hydrogen) atoms. The van der Waals surface area contributed by atoms with E-state index in [1.807, 2.05) is 18.2 Å². The fraction of sp³-hybridized carbons (Fsp3) is 0.286. The molecule has 0 N–H and O–H groups in total. The van der Waals surface area contributed by atoms with Gasteiger partial charge < -0.3 is 15.3 Å². The second-order valence-corrected chi connectivity index (χ2v) is 5.89. The number of nitrogens with zero attached hydrogens (tertiary/aromatic N) is 3. The van der Waals surface area contributed by atoms with Crippen LogP contribution in [0.5, 0.6) is 5.75 Å². The van der Waals surface area contributed by atoms with Crippen molar-refractivity contribution in [2.45, 2.75) is 27.7 Å². The van der Waals surface area contributed by atoms with Crippen LogP contribution >= 0.6 is 0 Å². The molecule has 0 saturated heterocycles. The summed E-state index contributed by atoms with van der Waals surface area (Å²) in [7, 11) is 0. The van der Waals surface area contributed by atoms with Crippen LogP contribution < -0.4 is 73.5 Å². The number of aliphatic imine (C=N–C) groups is 2. The van der Waals surface area contributed by atoms with Crippen molar-refractivity contribution in [2.24, 2.45) is 9.98 Å². The van der Waals surface area contributed by atoms with Gasteiger partial charge in [-0.2, -0.15) is 0 Å². The Bertz CT molecular complexity index is 833. The third-order valence-electron chi connectivity index (χ3n) is 3.24. The van der Waals surface area contributed by atoms with Crippen LogP contribution in [0.4, 0.5) is 0 Å². The van der Waals surface area contributed by atoms with Gasteiger partial charge in [-0.15, -0.1) is 11.5 Å². The van der Waals surface area contributed by atoms with Crippen molar-refractivity contribution in [1.82, 2.24) is 4.98 Å². The summed E-state index contributed by atoms with van der Waals surface area (Å²) < 4.78 is 0. The molecule has 0 aliphatic heterocycles. The first-order valence-corrected chi connectivity index (χ1v) is 8.53. The molecular weight excluding hydrogens is 486 g/mol. The van der Waals surface area contributed by atoms with Gasteiger partial charge in [0, 0.05) is 17.6 Å². The SMILES string of the molecule is CC(/C=C(/C)[O-])=NCCN=C(C)/C=C(/C)[O-].[Ni+2].[O-]c1cccc2cccnc12.[Rb+]. The molecule has 0 atom stereocenters. The van der Waals surface area contributed by atoms with Gasteiger partial charge >= 0.3 is 74.7 Å². The van der Waals surface area contributed by atoms with E-state index in [1.54, 1.807) is 26.1 Å². The number of allylic oxidation sites excluding steroid dienone is 4. The largest absolute Gasteiger partial charge is 2.00 e. The zero-order valence-electron chi connectivity index (χ0n) is 17.4. The summed E-state index contributed by atoms with van der Waals surface area (Å²) >= 11 is 0. The molecule has 0 bridgehead atoms. The summed E-state index contributed by atoms with van der Waals surface area (Å²) in [5.74, 6) is -0.0280. The first-order valence-electron chi connectivity index (χ1n) is 8.53. The summed E-state index contributed by atoms with van der Waals surface area (Å²) in [5, 5.41) is 33.4. The normalized spacial score (nSPS) is 12.4. The van der Waals surface area contributed by atoms with Crippen LogP contribution in [0.25, 0.3) is 10.9 Å². The zero-order valence-corrected chi connectivity index (χ0v) is 23.3. The van der Waals surface area contributed by atoms with Crippen molar-refractivity contribution in [3.8, 4) is 5.75 Å². The predicted octanol–water partition coefficient (Wildman–Crippen LogP) is -1.25. The van der Waals surface area contributed by atoms with Crippen LogP contribution in [0.2, 0.25) is 0 Å². The molecule has 1 heterocycles. The summed E-state index contributed by atoms with van der Waals surface area (Å²) in [6, 6.07) is 8.84. The summed E-state index contributed by atoms with van der Waals surface area (Å²) in [6.45, 7) is 7.59. The molecule has 0 radical (unpaired) electrons. The first kappa shape index (κ1) is 30.3. The minimum atomic E-state index is -0.0110. The van der Waals surface area contributed by atoms with E-state index in [0.29, 0.717) is 30.0 Å². The topological polar surface area (TPSA) is 107 Å². The van der Waals surface area contributed by atoms with E-state index in [4.69, 9.17) is 0 Å². The van der Waals surface area contributed by atoms with Gasteiger partial charge in [-0.1, -0.05) is 56.0 Å². The van der Waals surface area contributed by atoms with E-state index in [2.05, 4.69) is 15.0 Å². The minimum absolute atomic E-state index is 0. The molecule has 0 fully saturated rings. The third-order valence-corrected chi connectivity index (χ3v) is 3.24. The maximum Gasteiger partial charge on any atom is 2.00 e. The Labute approximate surface area is 231 Å². The van der Waals surface area contributed by atoms with Gasteiger partial charge in [0.1, 0.15) is 0 Å². The Kier molecular flexibility index (Phi) is 17.7. The van der Waals surface area contributed by atoms with Crippen molar-refractivity contribution in [2.75, 3.05) is 13.1 Å². The second kappa shape index (κ2) is 16.9. The monoisotopic (exact) mass is 509 g/mol. The number of rotatable bonds is 5. The molecule has 1 aromatic carbocycles. The van der Waals surface area contributed by atoms with E-state index >= 15 is 0 Å². The molecule has 0 aliphatic carbocycles. The van der Waals surface area contributed by atoms with Gasteiger partial charge in [-0.05, 0) is 25.3 Å². The molecule has 0 amide bonds. The molecular formula is C21H24N3NiO3Rb. The summed E-state index contributed by atoms with van der Waals surface area (Å²) in [6.07, 6.45) is 4.60. The molecule has 152 valence electrons. The smallest absolute Gasteiger partial charge is 0.876 e. The molecule has 8 heteroatoms. The maximum absolute atomic E-state index is 11.1. The van der Waals surface area contributed by atoms with Crippen molar-refractivity contribution in [1.29, 1.82) is 0 Å². The number of fused-ring (bicyclic) bond motifs is 1. The fourth-order valence-corrected chi connectivity index (χ4v) is 2.21. The van der Waals surface area contributed by atoms with Crippen LogP contribution in [0.15, 0.2) is 70.2 Å². The van der Waals surface area contributed by atoms with Gasteiger partial charge in [0.15, 0.2) is 0 Å². The molecule has 0 saturated carbocycles. The van der Waals surface area contributed by atoms with Gasteiger partial charge in [0.05, 0.1) is 18.6 Å². The molecule has 2 aromatic rings. The van der Waals surface area contributed by atoms with Gasteiger partial charge in [-0.25, -0.2) is 0 Å². The Morgan fingerprint density at radius 2 is 1.38 bits per heavy atom. The Hall–Kier alpha value is -0.851. The van der Waals surface area contributed by atoms with Crippen LogP contribution in [-0.2, 0) is 16.5 Å². The van der Waals surface area contributed by atoms with Gasteiger partial charge in [0.2, 0.25) is 0 Å². The molecule has 1 aromatic heterocycles. The molecule has 6 nitrogen and oxygen atoms in total. The van der Waals surface area contributed by atoms with Crippen LogP contribution in [0, 0.1) is 0 Å². The molecule has 2 rings (SSSR count). The van der Waals surface area contributed by atoms with Crippen LogP contribution in [0.3, 0.4) is 0 Å². The Morgan fingerprint density at radius 3 is 1.83 bits per heavy atom. The molecule has 0 unspecified atom stereocenters. The minimum Gasteiger partial charge on any atom is -0.876 e. The average Bonchev–Trinajstić information content (AvgIpc) is 2.59. The van der Waals surface area contributed by atoms with E-state index < -0.39 is 0 Å². The second-order valence-electron chi connectivity index (χ2n) is 5.89. The van der Waals surface area contributed by atoms with Crippen molar-refractivity contribution >= 4 is 22.3 Å². The number of hydrogen-bond acceptors (Lipinski definition) is 6. The number of benzene rings is 1. The van der Waals surface area contributed by atoms with E-state index in [0.717, 1.165) is 5.39 Å². The van der Waals surface area contributed by atoms with Crippen LogP contribution in [0.1, 0.15) is 27.7 Å². The predicted molar refractivity (Wildman–Crippen MR) is 105 cm³/mol. The Morgan fingerprint density at radius 1 is 0.897 bits per heavy atom. The maximum atomic E-state index is 11.1. The van der Waals surface area contributed by atoms with Crippen molar-refractivity contribution in [3.63, 3.8) is 0 Å². The first-order chi connectivity index (χ1) is 12.8. The number of hydrogen-bond donors (Lipinski definition) is 0. The van der Waals surface area contributed by atoms with Crippen LogP contribution in [-0.4, -0.2) is 29.5 Å². The van der Waals surface area contributed by atoms with Gasteiger partial charge in [-0.3, -0.25) is 15.0 Å². The zero-order chi connectivity index (χ0) is 20.2. The summed E-state index contributed by atoms with van der Waals surface area (Å²) in [5.41, 5.74) is 1.96. The third kappa shape index (κ3) is 13.9. The molecule has 0 aliphatic rings. The van der Waals surface area contributed by atoms with Crippen molar-refractivity contribution < 1.29 is 90.0 Å². The van der Waals surface area contributed by atoms with E-state index in [1.165, 1.54) is 32.1 Å². The van der Waals surface area contributed by atoms with Gasteiger partial charge in [0.25, 0.3) is 0 Å². The number of aromatic nitrogens is 1. The quantitative estimate of drug-likeness (QED) is 0.217. The number of para-hydroxylation sites is 1. The standard InChI is InChI=1S/C12H20N2O2.C9H7NO.Ni.Rb/c1-9(7-11(3)15)13-5-6-14-10(2)8-12(4)16;11-8-5-1-3-7-4-2-6-10-9(7)8;;/h7-8,15-16H,5-6H2,1-4H3;1-6,11H;;/q;;+2;+1/p-3/b11-7-,12-8-,13-9?,14-10?;;;. The molecule has 0 spiro atoms. The Balaban J connectivity index is 0. The summed E-state index contributed by atoms with van der Waals surface area (Å²) in [4.78, 5) is 12.3. The van der Waals surface area contributed by atoms with E-state index in [-0.39, 0.29) is 91.9 Å². The average molecular weight is 511 g/mol. The number of pyridine rings is 1. The van der Waals surface area contributed by atoms with Crippen molar-refractivity contribution in [3.05, 3.63) is 60.2 Å².